The first-order chi connectivity index (χ1) is 16.2. The third-order valence-electron chi connectivity index (χ3n) is 5.71. The zero-order chi connectivity index (χ0) is 22.4. The molecule has 0 fully saturated rings. The molecule has 0 unspecified atom stereocenters. The molecule has 4 aromatic carbocycles. The number of fused-ring (bicyclic) bond motifs is 2. The monoisotopic (exact) mass is 511 g/mol. The summed E-state index contributed by atoms with van der Waals surface area (Å²) in [6, 6.07) is 29.0. The molecule has 0 bridgehead atoms. The van der Waals surface area contributed by atoms with Crippen LogP contribution in [-0.2, 0) is 0 Å². The van der Waals surface area contributed by atoms with Crippen LogP contribution in [0.15, 0.2) is 95.7 Å². The predicted molar refractivity (Wildman–Crippen MR) is 141 cm³/mol. The van der Waals surface area contributed by atoms with Crippen molar-refractivity contribution in [2.75, 3.05) is 5.32 Å². The van der Waals surface area contributed by atoms with Gasteiger partial charge in [0.2, 0.25) is 0 Å². The minimum Gasteiger partial charge on any atom is -0.345 e. The molecule has 33 heavy (non-hydrogen) atoms. The van der Waals surface area contributed by atoms with Crippen molar-refractivity contribution in [3.05, 3.63) is 101 Å². The van der Waals surface area contributed by atoms with E-state index in [2.05, 4.69) is 89.3 Å². The van der Waals surface area contributed by atoms with Crippen molar-refractivity contribution >= 4 is 61.5 Å². The molecule has 0 spiro atoms. The number of hydrogen-bond acceptors (Lipinski definition) is 3. The van der Waals surface area contributed by atoms with Crippen LogP contribution in [0.5, 0.6) is 0 Å². The van der Waals surface area contributed by atoms with Crippen molar-refractivity contribution < 1.29 is 0 Å². The molecular formula is C26H18BrN5S. The van der Waals surface area contributed by atoms with E-state index in [1.807, 2.05) is 36.4 Å². The third kappa shape index (κ3) is 3.55. The summed E-state index contributed by atoms with van der Waals surface area (Å²) in [6.07, 6.45) is 1.70. The maximum atomic E-state index is 5.82. The molecule has 0 aliphatic carbocycles. The Kier molecular flexibility index (Phi) is 4.86. The first-order valence-electron chi connectivity index (χ1n) is 10.5. The van der Waals surface area contributed by atoms with Crippen LogP contribution in [0.2, 0.25) is 0 Å². The lowest BCUT2D eigenvalue weighted by molar-refractivity contribution is 1.04. The minimum atomic E-state index is 0.603. The Bertz CT molecular complexity index is 1690. The second-order valence-corrected chi connectivity index (χ2v) is 9.00. The van der Waals surface area contributed by atoms with E-state index in [-0.39, 0.29) is 0 Å². The molecule has 2 aromatic heterocycles. The Morgan fingerprint density at radius 3 is 2.58 bits per heavy atom. The van der Waals surface area contributed by atoms with Crippen molar-refractivity contribution in [1.82, 2.24) is 19.5 Å². The zero-order valence-corrected chi connectivity index (χ0v) is 19.7. The standard InChI is InChI=1S/C26H18BrN5S/c27-20-7-3-4-8-21(20)30-25-24(18-10-9-16-5-1-2-6-17(16)13-18)32(26(33)31-25)19-11-12-22-23(14-19)29-15-28-22/h1-15,30H,(H,28,29)(H,31,33). The van der Waals surface area contributed by atoms with E-state index >= 15 is 0 Å². The summed E-state index contributed by atoms with van der Waals surface area (Å²) in [4.78, 5) is 10.9. The number of benzene rings is 4. The number of hydrogen-bond donors (Lipinski definition) is 3. The maximum Gasteiger partial charge on any atom is 0.183 e. The highest BCUT2D eigenvalue weighted by Gasteiger charge is 2.18. The van der Waals surface area contributed by atoms with Gasteiger partial charge in [-0.05, 0) is 75.3 Å². The number of rotatable bonds is 4. The Morgan fingerprint density at radius 1 is 0.879 bits per heavy atom. The normalized spacial score (nSPS) is 11.3. The molecule has 0 saturated carbocycles. The SMILES string of the molecule is S=c1[nH]c(Nc2ccccc2Br)c(-c2ccc3ccccc3c2)n1-c1ccc2nc[nH]c2c1. The molecule has 0 radical (unpaired) electrons. The van der Waals surface area contributed by atoms with Gasteiger partial charge in [-0.3, -0.25) is 4.57 Å². The second kappa shape index (κ2) is 8.03. The van der Waals surface area contributed by atoms with E-state index in [4.69, 9.17) is 12.2 Å². The number of halogens is 1. The minimum absolute atomic E-state index is 0.603. The van der Waals surface area contributed by atoms with Gasteiger partial charge in [-0.2, -0.15) is 0 Å². The van der Waals surface area contributed by atoms with Gasteiger partial charge in [0.25, 0.3) is 0 Å². The number of H-pyrrole nitrogens is 2. The average molecular weight is 512 g/mol. The van der Waals surface area contributed by atoms with Gasteiger partial charge < -0.3 is 15.3 Å². The fourth-order valence-corrected chi connectivity index (χ4v) is 4.82. The van der Waals surface area contributed by atoms with Crippen molar-refractivity contribution in [2.45, 2.75) is 0 Å². The van der Waals surface area contributed by atoms with Gasteiger partial charge in [-0.25, -0.2) is 4.98 Å². The first kappa shape index (κ1) is 20.0. The molecule has 2 heterocycles. The van der Waals surface area contributed by atoms with Crippen molar-refractivity contribution in [2.24, 2.45) is 0 Å². The molecule has 0 aliphatic rings. The lowest BCUT2D eigenvalue weighted by Crippen LogP contribution is -1.99. The van der Waals surface area contributed by atoms with Gasteiger partial charge >= 0.3 is 0 Å². The highest BCUT2D eigenvalue weighted by Crippen LogP contribution is 2.36. The number of anilines is 2. The van der Waals surface area contributed by atoms with Gasteiger partial charge in [0.1, 0.15) is 5.82 Å². The van der Waals surface area contributed by atoms with Gasteiger partial charge in [-0.1, -0.05) is 48.5 Å². The Labute approximate surface area is 203 Å². The summed E-state index contributed by atoms with van der Waals surface area (Å²) in [6.45, 7) is 0. The van der Waals surface area contributed by atoms with E-state index < -0.39 is 0 Å². The highest BCUT2D eigenvalue weighted by molar-refractivity contribution is 9.10. The lowest BCUT2D eigenvalue weighted by Gasteiger charge is -2.13. The van der Waals surface area contributed by atoms with Gasteiger partial charge in [0, 0.05) is 10.0 Å². The van der Waals surface area contributed by atoms with Gasteiger partial charge in [-0.15, -0.1) is 0 Å². The molecule has 160 valence electrons. The lowest BCUT2D eigenvalue weighted by atomic mass is 10.0. The summed E-state index contributed by atoms with van der Waals surface area (Å²) in [5.74, 6) is 0.826. The third-order valence-corrected chi connectivity index (χ3v) is 6.69. The van der Waals surface area contributed by atoms with E-state index in [1.54, 1.807) is 6.33 Å². The van der Waals surface area contributed by atoms with E-state index in [9.17, 15) is 0 Å². The number of aromatic nitrogens is 4. The summed E-state index contributed by atoms with van der Waals surface area (Å²) in [5.41, 5.74) is 5.80. The number of nitrogens with zero attached hydrogens (tertiary/aromatic N) is 2. The molecule has 6 rings (SSSR count). The molecule has 5 nitrogen and oxygen atoms in total. The topological polar surface area (TPSA) is 61.4 Å². The summed E-state index contributed by atoms with van der Waals surface area (Å²) in [7, 11) is 0. The van der Waals surface area contributed by atoms with Crippen LogP contribution in [0.1, 0.15) is 0 Å². The van der Waals surface area contributed by atoms with Gasteiger partial charge in [0.05, 0.1) is 34.4 Å². The van der Waals surface area contributed by atoms with Crippen LogP contribution in [0.25, 0.3) is 38.8 Å². The van der Waals surface area contributed by atoms with E-state index in [1.165, 1.54) is 10.8 Å². The Hall–Kier alpha value is -3.68. The number of para-hydroxylation sites is 1. The van der Waals surface area contributed by atoms with E-state index in [0.29, 0.717) is 4.77 Å². The Morgan fingerprint density at radius 2 is 1.70 bits per heavy atom. The zero-order valence-electron chi connectivity index (χ0n) is 17.3. The fraction of sp³-hybridized carbons (Fsp3) is 0. The molecular weight excluding hydrogens is 494 g/mol. The van der Waals surface area contributed by atoms with E-state index in [0.717, 1.165) is 44.0 Å². The first-order valence-corrected chi connectivity index (χ1v) is 11.7. The van der Waals surface area contributed by atoms with Crippen LogP contribution in [-0.4, -0.2) is 19.5 Å². The predicted octanol–water partition coefficient (Wildman–Crippen LogP) is 7.74. The molecule has 0 atom stereocenters. The molecule has 6 aromatic rings. The Balaban J connectivity index is 1.60. The maximum absolute atomic E-state index is 5.82. The van der Waals surface area contributed by atoms with Crippen LogP contribution in [0.3, 0.4) is 0 Å². The smallest absolute Gasteiger partial charge is 0.183 e. The molecule has 7 heteroatoms. The summed E-state index contributed by atoms with van der Waals surface area (Å²) in [5, 5.41) is 5.91. The summed E-state index contributed by atoms with van der Waals surface area (Å²) >= 11 is 9.46. The molecule has 0 saturated heterocycles. The average Bonchev–Trinajstić information content (AvgIpc) is 3.43. The largest absolute Gasteiger partial charge is 0.345 e. The van der Waals surface area contributed by atoms with Crippen molar-refractivity contribution in [3.63, 3.8) is 0 Å². The summed E-state index contributed by atoms with van der Waals surface area (Å²) < 4.78 is 3.64. The van der Waals surface area contributed by atoms with Crippen molar-refractivity contribution in [1.29, 1.82) is 0 Å². The van der Waals surface area contributed by atoms with Crippen LogP contribution in [0, 0.1) is 4.77 Å². The molecule has 0 amide bonds. The van der Waals surface area contributed by atoms with Gasteiger partial charge in [0.15, 0.2) is 4.77 Å². The van der Waals surface area contributed by atoms with Crippen molar-refractivity contribution in [3.8, 4) is 16.9 Å². The number of imidazole rings is 2. The second-order valence-electron chi connectivity index (χ2n) is 7.76. The number of nitrogens with one attached hydrogen (secondary N) is 3. The molecule has 3 N–H and O–H groups in total. The molecule has 0 aliphatic heterocycles. The fourth-order valence-electron chi connectivity index (χ4n) is 4.14. The number of aromatic amines is 2. The van der Waals surface area contributed by atoms with Crippen LogP contribution < -0.4 is 5.32 Å². The van der Waals surface area contributed by atoms with Crippen LogP contribution in [0.4, 0.5) is 11.5 Å². The van der Waals surface area contributed by atoms with Crippen LogP contribution >= 0.6 is 28.1 Å². The highest BCUT2D eigenvalue weighted by atomic mass is 79.9. The quantitative estimate of drug-likeness (QED) is 0.212.